The minimum absolute atomic E-state index is 0.501. The van der Waals surface area contributed by atoms with Gasteiger partial charge in [0.25, 0.3) is 0 Å². The number of nitrogens with zero attached hydrogens (tertiary/aromatic N) is 1. The first-order valence-corrected chi connectivity index (χ1v) is 7.28. The van der Waals surface area contributed by atoms with Gasteiger partial charge in [0.1, 0.15) is 0 Å². The van der Waals surface area contributed by atoms with E-state index in [1.165, 1.54) is 31.0 Å². The van der Waals surface area contributed by atoms with Crippen LogP contribution >= 0.6 is 0 Å². The van der Waals surface area contributed by atoms with Gasteiger partial charge in [0, 0.05) is 24.9 Å². The number of piperidine rings is 1. The van der Waals surface area contributed by atoms with E-state index >= 15 is 0 Å². The van der Waals surface area contributed by atoms with Crippen molar-refractivity contribution < 1.29 is 9.90 Å². The van der Waals surface area contributed by atoms with E-state index in [2.05, 4.69) is 30.9 Å². The van der Waals surface area contributed by atoms with Crippen molar-refractivity contribution in [3.05, 3.63) is 35.9 Å². The molecule has 0 unspecified atom stereocenters. The molecule has 1 N–H and O–H groups in total. The number of anilines is 1. The van der Waals surface area contributed by atoms with Gasteiger partial charge in [-0.15, -0.1) is 0 Å². The van der Waals surface area contributed by atoms with Gasteiger partial charge in [-0.05, 0) is 42.0 Å². The number of rotatable bonds is 4. The molecule has 0 saturated carbocycles. The highest BCUT2D eigenvalue weighted by Gasteiger charge is 2.28. The zero-order valence-electron chi connectivity index (χ0n) is 12.3. The van der Waals surface area contributed by atoms with Crippen LogP contribution in [0.5, 0.6) is 0 Å². The molecule has 2 rings (SSSR count). The van der Waals surface area contributed by atoms with Crippen LogP contribution in [0, 0.1) is 5.41 Å². The van der Waals surface area contributed by atoms with Gasteiger partial charge in [0.2, 0.25) is 0 Å². The summed E-state index contributed by atoms with van der Waals surface area (Å²) in [6.07, 6.45) is 6.52. The molecule has 1 heterocycles. The molecule has 0 atom stereocenters. The first kappa shape index (κ1) is 14.6. The Morgan fingerprint density at radius 1 is 1.30 bits per heavy atom. The maximum Gasteiger partial charge on any atom is 0.328 e. The first-order chi connectivity index (χ1) is 9.52. The minimum Gasteiger partial charge on any atom is -0.478 e. The summed E-state index contributed by atoms with van der Waals surface area (Å²) in [4.78, 5) is 12.9. The summed E-state index contributed by atoms with van der Waals surface area (Å²) < 4.78 is 0. The average Bonchev–Trinajstić information content (AvgIpc) is 2.46. The quantitative estimate of drug-likeness (QED) is 0.848. The summed E-state index contributed by atoms with van der Waals surface area (Å²) >= 11 is 0. The van der Waals surface area contributed by atoms with E-state index in [1.54, 1.807) is 6.08 Å². The van der Waals surface area contributed by atoms with Crippen LogP contribution in [-0.2, 0) is 4.79 Å². The lowest BCUT2D eigenvalue weighted by Crippen LogP contribution is -2.38. The Labute approximate surface area is 120 Å². The van der Waals surface area contributed by atoms with E-state index in [0.717, 1.165) is 18.7 Å². The summed E-state index contributed by atoms with van der Waals surface area (Å²) in [5, 5.41) is 8.61. The van der Waals surface area contributed by atoms with E-state index in [0.29, 0.717) is 5.41 Å². The summed E-state index contributed by atoms with van der Waals surface area (Å²) in [5.74, 6) is -0.913. The number of carboxylic acid groups (broad SMARTS) is 1. The van der Waals surface area contributed by atoms with Crippen molar-refractivity contribution in [1.82, 2.24) is 0 Å². The fraction of sp³-hybridized carbons (Fsp3) is 0.471. The molecule has 20 heavy (non-hydrogen) atoms. The van der Waals surface area contributed by atoms with Crippen LogP contribution in [0.2, 0.25) is 0 Å². The Hall–Kier alpha value is -1.77. The van der Waals surface area contributed by atoms with Crippen molar-refractivity contribution in [1.29, 1.82) is 0 Å². The Balaban J connectivity index is 1.99. The van der Waals surface area contributed by atoms with E-state index in [1.807, 2.05) is 12.1 Å². The van der Waals surface area contributed by atoms with Gasteiger partial charge in [0.05, 0.1) is 0 Å². The number of carbonyl (C=O) groups is 1. The molecule has 1 aliphatic rings. The lowest BCUT2D eigenvalue weighted by atomic mass is 9.78. The monoisotopic (exact) mass is 273 g/mol. The Morgan fingerprint density at radius 3 is 2.40 bits per heavy atom. The topological polar surface area (TPSA) is 40.5 Å². The molecule has 0 bridgehead atoms. The van der Waals surface area contributed by atoms with Gasteiger partial charge in [-0.3, -0.25) is 0 Å². The minimum atomic E-state index is -0.913. The third-order valence-electron chi connectivity index (χ3n) is 4.50. The highest BCUT2D eigenvalue weighted by molar-refractivity contribution is 5.85. The van der Waals surface area contributed by atoms with Crippen molar-refractivity contribution in [2.45, 2.75) is 33.1 Å². The molecular weight excluding hydrogens is 250 g/mol. The standard InChI is InChI=1S/C17H23NO2/c1-3-17(2)10-12-18(13-11-17)15-7-4-14(5-8-15)6-9-16(19)20/h4-9H,3,10-13H2,1-2H3,(H,19,20). The van der Waals surface area contributed by atoms with E-state index in [9.17, 15) is 4.79 Å². The highest BCUT2D eigenvalue weighted by atomic mass is 16.4. The van der Waals surface area contributed by atoms with Crippen molar-refractivity contribution in [2.75, 3.05) is 18.0 Å². The van der Waals surface area contributed by atoms with Crippen molar-refractivity contribution in [3.63, 3.8) is 0 Å². The fourth-order valence-corrected chi connectivity index (χ4v) is 2.62. The summed E-state index contributed by atoms with van der Waals surface area (Å²) in [7, 11) is 0. The van der Waals surface area contributed by atoms with E-state index < -0.39 is 5.97 Å². The molecule has 1 fully saturated rings. The molecule has 0 spiro atoms. The van der Waals surface area contributed by atoms with Gasteiger partial charge in [-0.1, -0.05) is 32.4 Å². The first-order valence-electron chi connectivity index (χ1n) is 7.28. The van der Waals surface area contributed by atoms with Gasteiger partial charge in [-0.2, -0.15) is 0 Å². The smallest absolute Gasteiger partial charge is 0.328 e. The van der Waals surface area contributed by atoms with Crippen LogP contribution in [0.3, 0.4) is 0 Å². The number of aliphatic carboxylic acids is 1. The van der Waals surface area contributed by atoms with Gasteiger partial charge in [0.15, 0.2) is 0 Å². The van der Waals surface area contributed by atoms with Crippen molar-refractivity contribution >= 4 is 17.7 Å². The molecule has 0 radical (unpaired) electrons. The second kappa shape index (κ2) is 6.12. The lowest BCUT2D eigenvalue weighted by Gasteiger charge is -2.40. The van der Waals surface area contributed by atoms with Gasteiger partial charge < -0.3 is 10.0 Å². The van der Waals surface area contributed by atoms with Crippen LogP contribution < -0.4 is 4.90 Å². The Kier molecular flexibility index (Phi) is 4.48. The van der Waals surface area contributed by atoms with Crippen molar-refractivity contribution in [2.24, 2.45) is 5.41 Å². The van der Waals surface area contributed by atoms with Crippen LogP contribution in [0.25, 0.3) is 6.08 Å². The van der Waals surface area contributed by atoms with E-state index in [4.69, 9.17) is 5.11 Å². The lowest BCUT2D eigenvalue weighted by molar-refractivity contribution is -0.131. The largest absolute Gasteiger partial charge is 0.478 e. The number of hydrogen-bond donors (Lipinski definition) is 1. The maximum absolute atomic E-state index is 10.5. The maximum atomic E-state index is 10.5. The van der Waals surface area contributed by atoms with Crippen LogP contribution in [0.1, 0.15) is 38.7 Å². The number of hydrogen-bond acceptors (Lipinski definition) is 2. The summed E-state index contributed by atoms with van der Waals surface area (Å²) in [6, 6.07) is 8.11. The molecule has 3 heteroatoms. The predicted molar refractivity (Wildman–Crippen MR) is 83.0 cm³/mol. The fourth-order valence-electron chi connectivity index (χ4n) is 2.62. The summed E-state index contributed by atoms with van der Waals surface area (Å²) in [6.45, 7) is 6.87. The van der Waals surface area contributed by atoms with Crippen molar-refractivity contribution in [3.8, 4) is 0 Å². The van der Waals surface area contributed by atoms with E-state index in [-0.39, 0.29) is 0 Å². The van der Waals surface area contributed by atoms with Gasteiger partial charge in [-0.25, -0.2) is 4.79 Å². The van der Waals surface area contributed by atoms with Gasteiger partial charge >= 0.3 is 5.97 Å². The average molecular weight is 273 g/mol. The molecule has 108 valence electrons. The Morgan fingerprint density at radius 2 is 1.90 bits per heavy atom. The second-order valence-corrected chi connectivity index (χ2v) is 5.91. The SMILES string of the molecule is CCC1(C)CCN(c2ccc(C=CC(=O)O)cc2)CC1. The normalized spacial score (nSPS) is 18.4. The van der Waals surface area contributed by atoms with Crippen LogP contribution in [0.15, 0.2) is 30.3 Å². The molecule has 3 nitrogen and oxygen atoms in total. The molecule has 0 aromatic heterocycles. The van der Waals surface area contributed by atoms with Crippen LogP contribution in [0.4, 0.5) is 5.69 Å². The third-order valence-corrected chi connectivity index (χ3v) is 4.50. The predicted octanol–water partition coefficient (Wildman–Crippen LogP) is 3.80. The molecule has 1 aromatic carbocycles. The second-order valence-electron chi connectivity index (χ2n) is 5.91. The number of carboxylic acids is 1. The molecule has 0 amide bonds. The molecular formula is C17H23NO2. The summed E-state index contributed by atoms with van der Waals surface area (Å²) in [5.41, 5.74) is 2.66. The zero-order chi connectivity index (χ0) is 14.6. The molecule has 1 saturated heterocycles. The molecule has 0 aliphatic carbocycles. The van der Waals surface area contributed by atoms with Crippen LogP contribution in [-0.4, -0.2) is 24.2 Å². The highest BCUT2D eigenvalue weighted by Crippen LogP contribution is 2.35. The third kappa shape index (κ3) is 3.62. The zero-order valence-corrected chi connectivity index (χ0v) is 12.3. The molecule has 1 aliphatic heterocycles. The Bertz CT molecular complexity index is 482. The number of benzene rings is 1. The molecule has 1 aromatic rings.